The third-order valence-electron chi connectivity index (χ3n) is 3.82. The van der Waals surface area contributed by atoms with Crippen LogP contribution in [0.5, 0.6) is 0 Å². The molecular weight excluding hydrogens is 300 g/mol. The maximum atomic E-state index is 12.8. The molecule has 0 saturated carbocycles. The van der Waals surface area contributed by atoms with Crippen molar-refractivity contribution in [3.63, 3.8) is 0 Å². The molecule has 0 spiro atoms. The first-order valence-electron chi connectivity index (χ1n) is 7.63. The minimum absolute atomic E-state index is 0.0744. The molecule has 0 saturated heterocycles. The van der Waals surface area contributed by atoms with Crippen LogP contribution in [0.25, 0.3) is 0 Å². The van der Waals surface area contributed by atoms with Crippen molar-refractivity contribution >= 4 is 5.91 Å². The zero-order valence-electron chi connectivity index (χ0n) is 13.4. The number of carbonyl (C=O) groups excluding carboxylic acids is 1. The van der Waals surface area contributed by atoms with Crippen LogP contribution in [0.15, 0.2) is 36.7 Å². The Bertz CT molecular complexity index is 638. The zero-order valence-corrected chi connectivity index (χ0v) is 13.4. The predicted octanol–water partition coefficient (Wildman–Crippen LogP) is 3.43. The lowest BCUT2D eigenvalue weighted by Crippen LogP contribution is -2.28. The molecule has 1 aromatic heterocycles. The second-order valence-corrected chi connectivity index (χ2v) is 5.45. The summed E-state index contributed by atoms with van der Waals surface area (Å²) in [5, 5.41) is 0. The van der Waals surface area contributed by atoms with Crippen molar-refractivity contribution in [1.29, 1.82) is 0 Å². The fraction of sp³-hybridized carbons (Fsp3) is 0.412. The molecule has 1 heterocycles. The normalized spacial score (nSPS) is 11.0. The van der Waals surface area contributed by atoms with Gasteiger partial charge in [0, 0.05) is 25.9 Å². The fourth-order valence-corrected chi connectivity index (χ4v) is 2.33. The molecule has 0 aliphatic heterocycles. The monoisotopic (exact) mass is 321 g/mol. The van der Waals surface area contributed by atoms with Crippen LogP contribution in [0.2, 0.25) is 0 Å². The molecule has 4 nitrogen and oxygen atoms in total. The summed E-state index contributed by atoms with van der Waals surface area (Å²) in [5.41, 5.74) is 2.36. The number of benzene rings is 1. The van der Waals surface area contributed by atoms with Crippen molar-refractivity contribution in [1.82, 2.24) is 14.5 Å². The summed E-state index contributed by atoms with van der Waals surface area (Å²) in [6.07, 6.45) is 4.50. The largest absolute Gasteiger partial charge is 0.338 e. The zero-order chi connectivity index (χ0) is 16.8. The van der Waals surface area contributed by atoms with Crippen LogP contribution in [0.1, 0.15) is 36.8 Å². The molecule has 1 amide bonds. The SMILES string of the molecule is CCc1ccc(CCC(=O)N(C)Cc2nccn2C(F)F)cc1. The first-order valence-corrected chi connectivity index (χ1v) is 7.63. The molecule has 2 aromatic rings. The van der Waals surface area contributed by atoms with Crippen molar-refractivity contribution in [3.05, 3.63) is 53.6 Å². The summed E-state index contributed by atoms with van der Waals surface area (Å²) in [5.74, 6) is 0.0940. The van der Waals surface area contributed by atoms with Crippen LogP contribution in [-0.2, 0) is 24.2 Å². The highest BCUT2D eigenvalue weighted by Crippen LogP contribution is 2.14. The van der Waals surface area contributed by atoms with Gasteiger partial charge in [-0.05, 0) is 24.0 Å². The average molecular weight is 321 g/mol. The summed E-state index contributed by atoms with van der Waals surface area (Å²) in [7, 11) is 1.60. The number of hydrogen-bond acceptors (Lipinski definition) is 2. The summed E-state index contributed by atoms with van der Waals surface area (Å²) < 4.78 is 26.3. The van der Waals surface area contributed by atoms with Crippen molar-refractivity contribution in [2.75, 3.05) is 7.05 Å². The Morgan fingerprint density at radius 2 is 1.91 bits per heavy atom. The quantitative estimate of drug-likeness (QED) is 0.783. The summed E-state index contributed by atoms with van der Waals surface area (Å²) in [4.78, 5) is 17.5. The first kappa shape index (κ1) is 17.1. The van der Waals surface area contributed by atoms with Crippen LogP contribution < -0.4 is 0 Å². The van der Waals surface area contributed by atoms with Gasteiger partial charge in [0.15, 0.2) is 0 Å². The second-order valence-electron chi connectivity index (χ2n) is 5.45. The minimum atomic E-state index is -2.65. The third-order valence-corrected chi connectivity index (χ3v) is 3.82. The number of amides is 1. The van der Waals surface area contributed by atoms with Gasteiger partial charge in [-0.3, -0.25) is 9.36 Å². The van der Waals surface area contributed by atoms with E-state index in [2.05, 4.69) is 24.0 Å². The number of aromatic nitrogens is 2. The predicted molar refractivity (Wildman–Crippen MR) is 84.1 cm³/mol. The minimum Gasteiger partial charge on any atom is -0.338 e. The highest BCUT2D eigenvalue weighted by Gasteiger charge is 2.16. The number of aryl methyl sites for hydroxylation is 2. The van der Waals surface area contributed by atoms with Crippen LogP contribution in [0.3, 0.4) is 0 Å². The van der Waals surface area contributed by atoms with E-state index in [0.717, 1.165) is 16.6 Å². The molecule has 1 aromatic carbocycles. The Kier molecular flexibility index (Phi) is 5.84. The molecular formula is C17H21F2N3O. The van der Waals surface area contributed by atoms with Gasteiger partial charge in [-0.2, -0.15) is 8.78 Å². The number of alkyl halides is 2. The van der Waals surface area contributed by atoms with Gasteiger partial charge in [0.25, 0.3) is 0 Å². The number of rotatable bonds is 7. The maximum Gasteiger partial charge on any atom is 0.319 e. The van der Waals surface area contributed by atoms with Gasteiger partial charge < -0.3 is 4.90 Å². The van der Waals surface area contributed by atoms with Gasteiger partial charge in [-0.25, -0.2) is 4.98 Å². The Morgan fingerprint density at radius 3 is 2.52 bits per heavy atom. The molecule has 6 heteroatoms. The number of halogens is 2. The van der Waals surface area contributed by atoms with Crippen molar-refractivity contribution < 1.29 is 13.6 Å². The number of carbonyl (C=O) groups is 1. The molecule has 23 heavy (non-hydrogen) atoms. The van der Waals surface area contributed by atoms with Crippen molar-refractivity contribution in [3.8, 4) is 0 Å². The maximum absolute atomic E-state index is 12.8. The first-order chi connectivity index (χ1) is 11.0. The standard InChI is InChI=1S/C17H21F2N3O/c1-3-13-4-6-14(7-5-13)8-9-16(23)21(2)12-15-20-10-11-22(15)17(18)19/h4-7,10-11,17H,3,8-9,12H2,1-2H3. The Morgan fingerprint density at radius 1 is 1.26 bits per heavy atom. The highest BCUT2D eigenvalue weighted by atomic mass is 19.3. The van der Waals surface area contributed by atoms with Gasteiger partial charge in [-0.1, -0.05) is 31.2 Å². The molecule has 0 aliphatic carbocycles. The van der Waals surface area contributed by atoms with E-state index in [4.69, 9.17) is 0 Å². The van der Waals surface area contributed by atoms with Gasteiger partial charge >= 0.3 is 6.55 Å². The van der Waals surface area contributed by atoms with E-state index in [9.17, 15) is 13.6 Å². The number of imidazole rings is 1. The van der Waals surface area contributed by atoms with E-state index >= 15 is 0 Å². The second kappa shape index (κ2) is 7.85. The lowest BCUT2D eigenvalue weighted by atomic mass is 10.1. The lowest BCUT2D eigenvalue weighted by molar-refractivity contribution is -0.130. The van der Waals surface area contributed by atoms with E-state index in [1.807, 2.05) is 12.1 Å². The summed E-state index contributed by atoms with van der Waals surface area (Å²) in [6, 6.07) is 8.16. The topological polar surface area (TPSA) is 38.1 Å². The van der Waals surface area contributed by atoms with E-state index in [1.165, 1.54) is 22.9 Å². The van der Waals surface area contributed by atoms with Gasteiger partial charge in [0.05, 0.1) is 6.54 Å². The Balaban J connectivity index is 1.88. The van der Waals surface area contributed by atoms with Crippen LogP contribution in [0.4, 0.5) is 8.78 Å². The fourth-order valence-electron chi connectivity index (χ4n) is 2.33. The van der Waals surface area contributed by atoms with E-state index < -0.39 is 6.55 Å². The lowest BCUT2D eigenvalue weighted by Gasteiger charge is -2.17. The van der Waals surface area contributed by atoms with Crippen LogP contribution >= 0.6 is 0 Å². The smallest absolute Gasteiger partial charge is 0.319 e. The molecule has 0 bridgehead atoms. The van der Waals surface area contributed by atoms with Gasteiger partial charge in [-0.15, -0.1) is 0 Å². The van der Waals surface area contributed by atoms with Crippen molar-refractivity contribution in [2.24, 2.45) is 0 Å². The molecule has 0 aliphatic rings. The van der Waals surface area contributed by atoms with E-state index in [-0.39, 0.29) is 18.3 Å². The highest BCUT2D eigenvalue weighted by molar-refractivity contribution is 5.76. The molecule has 0 radical (unpaired) electrons. The number of hydrogen-bond donors (Lipinski definition) is 0. The Labute approximate surface area is 134 Å². The summed E-state index contributed by atoms with van der Waals surface area (Å²) in [6.45, 7) is -0.477. The van der Waals surface area contributed by atoms with E-state index in [0.29, 0.717) is 12.8 Å². The molecule has 0 atom stereocenters. The van der Waals surface area contributed by atoms with Crippen LogP contribution in [-0.4, -0.2) is 27.4 Å². The molecule has 0 unspecified atom stereocenters. The van der Waals surface area contributed by atoms with Crippen LogP contribution in [0, 0.1) is 0 Å². The summed E-state index contributed by atoms with van der Waals surface area (Å²) >= 11 is 0. The Hall–Kier alpha value is -2.24. The van der Waals surface area contributed by atoms with Crippen molar-refractivity contribution in [2.45, 2.75) is 39.3 Å². The van der Waals surface area contributed by atoms with E-state index in [1.54, 1.807) is 7.05 Å². The molecule has 124 valence electrons. The molecule has 0 fully saturated rings. The molecule has 0 N–H and O–H groups in total. The third kappa shape index (κ3) is 4.61. The number of nitrogens with zero attached hydrogens (tertiary/aromatic N) is 3. The van der Waals surface area contributed by atoms with Gasteiger partial charge in [0.1, 0.15) is 5.82 Å². The average Bonchev–Trinajstić information content (AvgIpc) is 3.01. The van der Waals surface area contributed by atoms with Gasteiger partial charge in [0.2, 0.25) is 5.91 Å². The molecule has 2 rings (SSSR count).